The number of carbonyl (C=O) groups excluding carboxylic acids is 1. The second kappa shape index (κ2) is 8.71. The second-order valence-corrected chi connectivity index (χ2v) is 8.39. The van der Waals surface area contributed by atoms with Gasteiger partial charge in [0.15, 0.2) is 0 Å². The van der Waals surface area contributed by atoms with Crippen LogP contribution in [0.5, 0.6) is 0 Å². The maximum atomic E-state index is 13.5. The summed E-state index contributed by atoms with van der Waals surface area (Å²) in [6.07, 6.45) is 2.09. The highest BCUT2D eigenvalue weighted by Gasteiger charge is 2.32. The summed E-state index contributed by atoms with van der Waals surface area (Å²) in [4.78, 5) is 12.8. The molecule has 0 aromatic heterocycles. The summed E-state index contributed by atoms with van der Waals surface area (Å²) >= 11 is 5.80. The molecule has 0 saturated heterocycles. The lowest BCUT2D eigenvalue weighted by Crippen LogP contribution is -2.47. The zero-order valence-corrected chi connectivity index (χ0v) is 16.9. The highest BCUT2D eigenvalue weighted by molar-refractivity contribution is 7.92. The summed E-state index contributed by atoms with van der Waals surface area (Å²) in [6.45, 7) is 3.73. The van der Waals surface area contributed by atoms with Crippen molar-refractivity contribution in [2.24, 2.45) is 0 Å². The van der Waals surface area contributed by atoms with Crippen LogP contribution in [0.3, 0.4) is 0 Å². The van der Waals surface area contributed by atoms with Gasteiger partial charge in [-0.1, -0.05) is 37.6 Å². The summed E-state index contributed by atoms with van der Waals surface area (Å²) in [5.74, 6) is -1.14. The van der Waals surface area contributed by atoms with Gasteiger partial charge in [-0.25, -0.2) is 12.8 Å². The fourth-order valence-electron chi connectivity index (χ4n) is 2.73. The minimum absolute atomic E-state index is 0.132. The van der Waals surface area contributed by atoms with Crippen LogP contribution in [0.15, 0.2) is 42.5 Å². The molecule has 0 aliphatic carbocycles. The zero-order chi connectivity index (χ0) is 20.2. The quantitative estimate of drug-likeness (QED) is 0.740. The molecular weight excluding hydrogens is 391 g/mol. The van der Waals surface area contributed by atoms with Crippen molar-refractivity contribution < 1.29 is 17.6 Å². The lowest BCUT2D eigenvalue weighted by molar-refractivity contribution is -0.117. The Labute approximate surface area is 164 Å². The van der Waals surface area contributed by atoms with E-state index in [9.17, 15) is 17.6 Å². The van der Waals surface area contributed by atoms with Crippen LogP contribution in [-0.2, 0) is 21.2 Å². The average Bonchev–Trinajstić information content (AvgIpc) is 2.61. The molecule has 1 amide bonds. The number of amides is 1. The lowest BCUT2D eigenvalue weighted by atomic mass is 10.1. The lowest BCUT2D eigenvalue weighted by Gasteiger charge is -2.30. The van der Waals surface area contributed by atoms with Crippen LogP contribution in [0.2, 0.25) is 5.02 Å². The molecule has 0 fully saturated rings. The Bertz CT molecular complexity index is 917. The molecule has 146 valence electrons. The number of sulfonamides is 1. The number of nitrogens with one attached hydrogen (secondary N) is 1. The highest BCUT2D eigenvalue weighted by atomic mass is 35.5. The van der Waals surface area contributed by atoms with E-state index in [1.165, 1.54) is 12.1 Å². The summed E-state index contributed by atoms with van der Waals surface area (Å²) in [5, 5.41) is 2.52. The smallest absolute Gasteiger partial charge is 0.248 e. The van der Waals surface area contributed by atoms with E-state index in [0.717, 1.165) is 28.6 Å². The molecule has 0 aliphatic heterocycles. The fraction of sp³-hybridized carbons (Fsp3) is 0.316. The molecule has 1 atom stereocenters. The van der Waals surface area contributed by atoms with Gasteiger partial charge in [0, 0.05) is 5.69 Å². The molecule has 2 rings (SSSR count). The molecule has 2 aromatic carbocycles. The van der Waals surface area contributed by atoms with Crippen molar-refractivity contribution in [3.05, 3.63) is 58.9 Å². The van der Waals surface area contributed by atoms with Crippen LogP contribution in [0.4, 0.5) is 15.8 Å². The molecule has 0 spiro atoms. The van der Waals surface area contributed by atoms with Crippen molar-refractivity contribution >= 4 is 38.9 Å². The first-order valence-corrected chi connectivity index (χ1v) is 10.7. The number of hydrogen-bond acceptors (Lipinski definition) is 3. The topological polar surface area (TPSA) is 66.5 Å². The summed E-state index contributed by atoms with van der Waals surface area (Å²) < 4.78 is 39.2. The first-order chi connectivity index (χ1) is 12.7. The zero-order valence-electron chi connectivity index (χ0n) is 15.4. The summed E-state index contributed by atoms with van der Waals surface area (Å²) in [7, 11) is -3.82. The molecule has 0 saturated carbocycles. The molecule has 5 nitrogen and oxygen atoms in total. The molecule has 0 radical (unpaired) electrons. The fourth-order valence-corrected chi connectivity index (χ4v) is 4.11. The SMILES string of the molecule is CCc1ccc(NC(=O)[C@@H](CC)N(c2ccc(F)c(Cl)c2)S(C)(=O)=O)cc1. The molecule has 2 aromatic rings. The third kappa shape index (κ3) is 5.20. The van der Waals surface area contributed by atoms with Gasteiger partial charge in [-0.05, 0) is 48.7 Å². The molecule has 0 unspecified atom stereocenters. The van der Waals surface area contributed by atoms with E-state index in [1.54, 1.807) is 19.1 Å². The standard InChI is InChI=1S/C19H22ClFN2O3S/c1-4-13-6-8-14(9-7-13)22-19(24)18(5-2)23(27(3,25)26)15-10-11-17(21)16(20)12-15/h6-12,18H,4-5H2,1-3H3,(H,22,24)/t18-/m1/s1. The van der Waals surface area contributed by atoms with E-state index in [-0.39, 0.29) is 17.1 Å². The number of carbonyl (C=O) groups is 1. The predicted molar refractivity (Wildman–Crippen MR) is 107 cm³/mol. The van der Waals surface area contributed by atoms with Crippen LogP contribution < -0.4 is 9.62 Å². The Morgan fingerprint density at radius 3 is 2.30 bits per heavy atom. The number of halogens is 2. The molecule has 1 N–H and O–H groups in total. The maximum Gasteiger partial charge on any atom is 0.248 e. The van der Waals surface area contributed by atoms with Gasteiger partial charge in [0.25, 0.3) is 0 Å². The van der Waals surface area contributed by atoms with Gasteiger partial charge in [0.05, 0.1) is 17.0 Å². The predicted octanol–water partition coefficient (Wildman–Crippen LogP) is 4.22. The third-order valence-corrected chi connectivity index (χ3v) is 5.59. The summed E-state index contributed by atoms with van der Waals surface area (Å²) in [6, 6.07) is 9.87. The van der Waals surface area contributed by atoms with Crippen molar-refractivity contribution in [1.82, 2.24) is 0 Å². The Hall–Kier alpha value is -2.12. The van der Waals surface area contributed by atoms with E-state index in [4.69, 9.17) is 11.6 Å². The number of benzene rings is 2. The Kier molecular flexibility index (Phi) is 6.84. The highest BCUT2D eigenvalue weighted by Crippen LogP contribution is 2.27. The van der Waals surface area contributed by atoms with Crippen molar-refractivity contribution in [3.63, 3.8) is 0 Å². The largest absolute Gasteiger partial charge is 0.324 e. The summed E-state index contributed by atoms with van der Waals surface area (Å²) in [5.41, 5.74) is 1.83. The van der Waals surface area contributed by atoms with E-state index in [2.05, 4.69) is 5.32 Å². The molecule has 0 aliphatic rings. The third-order valence-electron chi connectivity index (χ3n) is 4.12. The second-order valence-electron chi connectivity index (χ2n) is 6.12. The molecule has 27 heavy (non-hydrogen) atoms. The minimum Gasteiger partial charge on any atom is -0.324 e. The Morgan fingerprint density at radius 1 is 1.19 bits per heavy atom. The van der Waals surface area contributed by atoms with Crippen molar-refractivity contribution in [1.29, 1.82) is 0 Å². The normalized spacial score (nSPS) is 12.5. The average molecular weight is 413 g/mol. The van der Waals surface area contributed by atoms with E-state index in [1.807, 2.05) is 19.1 Å². The van der Waals surface area contributed by atoms with Crippen molar-refractivity contribution in [2.75, 3.05) is 15.9 Å². The monoisotopic (exact) mass is 412 g/mol. The molecular formula is C19H22ClFN2O3S. The van der Waals surface area contributed by atoms with Gasteiger partial charge >= 0.3 is 0 Å². The van der Waals surface area contributed by atoms with E-state index >= 15 is 0 Å². The Balaban J connectivity index is 2.36. The van der Waals surface area contributed by atoms with Gasteiger partial charge in [-0.15, -0.1) is 0 Å². The number of anilines is 2. The van der Waals surface area contributed by atoms with Gasteiger partial charge in [-0.3, -0.25) is 9.10 Å². The van der Waals surface area contributed by atoms with Crippen molar-refractivity contribution in [2.45, 2.75) is 32.7 Å². The van der Waals surface area contributed by atoms with Crippen LogP contribution >= 0.6 is 11.6 Å². The van der Waals surface area contributed by atoms with Gasteiger partial charge in [0.1, 0.15) is 11.9 Å². The van der Waals surface area contributed by atoms with Gasteiger partial charge < -0.3 is 5.32 Å². The van der Waals surface area contributed by atoms with Crippen LogP contribution in [0.1, 0.15) is 25.8 Å². The number of rotatable bonds is 7. The number of aryl methyl sites for hydroxylation is 1. The number of nitrogens with zero attached hydrogens (tertiary/aromatic N) is 1. The van der Waals surface area contributed by atoms with Crippen LogP contribution in [0.25, 0.3) is 0 Å². The maximum absolute atomic E-state index is 13.5. The molecule has 0 bridgehead atoms. The molecule has 0 heterocycles. The first-order valence-electron chi connectivity index (χ1n) is 8.51. The Morgan fingerprint density at radius 2 is 1.81 bits per heavy atom. The number of hydrogen-bond donors (Lipinski definition) is 1. The minimum atomic E-state index is -3.82. The van der Waals surface area contributed by atoms with E-state index in [0.29, 0.717) is 5.69 Å². The van der Waals surface area contributed by atoms with Gasteiger partial charge in [0.2, 0.25) is 15.9 Å². The van der Waals surface area contributed by atoms with E-state index < -0.39 is 27.8 Å². The van der Waals surface area contributed by atoms with Crippen molar-refractivity contribution in [3.8, 4) is 0 Å². The van der Waals surface area contributed by atoms with Crippen LogP contribution in [-0.4, -0.2) is 26.6 Å². The van der Waals surface area contributed by atoms with Gasteiger partial charge in [-0.2, -0.15) is 0 Å². The first kappa shape index (κ1) is 21.2. The van der Waals surface area contributed by atoms with Crippen LogP contribution in [0, 0.1) is 5.82 Å². The molecule has 8 heteroatoms.